The maximum absolute atomic E-state index is 12.2. The van der Waals surface area contributed by atoms with Crippen LogP contribution in [0, 0.1) is 0 Å². The third kappa shape index (κ3) is 3.98. The molecule has 0 spiro atoms. The Kier molecular flexibility index (Phi) is 3.90. The van der Waals surface area contributed by atoms with E-state index in [-0.39, 0.29) is 11.6 Å². The third-order valence-corrected chi connectivity index (χ3v) is 3.62. The monoisotopic (exact) mass is 267 g/mol. The Balaban J connectivity index is 1.89. The SMILES string of the molecule is CC(C)(C)NC(=O)N(CCc1nccs1)C1CC1. The summed E-state index contributed by atoms with van der Waals surface area (Å²) >= 11 is 1.65. The van der Waals surface area contributed by atoms with Gasteiger partial charge in [-0.1, -0.05) is 0 Å². The first-order valence-corrected chi connectivity index (χ1v) is 7.31. The molecule has 1 fully saturated rings. The van der Waals surface area contributed by atoms with Crippen molar-refractivity contribution in [1.29, 1.82) is 0 Å². The van der Waals surface area contributed by atoms with E-state index in [1.807, 2.05) is 37.2 Å². The van der Waals surface area contributed by atoms with E-state index >= 15 is 0 Å². The van der Waals surface area contributed by atoms with Crippen LogP contribution in [0.4, 0.5) is 4.79 Å². The maximum atomic E-state index is 12.2. The minimum absolute atomic E-state index is 0.0570. The van der Waals surface area contributed by atoms with Gasteiger partial charge in [-0.2, -0.15) is 0 Å². The smallest absolute Gasteiger partial charge is 0.318 e. The van der Waals surface area contributed by atoms with E-state index in [4.69, 9.17) is 0 Å². The summed E-state index contributed by atoms with van der Waals surface area (Å²) in [6, 6.07) is 0.494. The van der Waals surface area contributed by atoms with Crippen molar-refractivity contribution < 1.29 is 4.79 Å². The topological polar surface area (TPSA) is 45.2 Å². The summed E-state index contributed by atoms with van der Waals surface area (Å²) in [5.74, 6) is 0. The van der Waals surface area contributed by atoms with Gasteiger partial charge in [-0.25, -0.2) is 9.78 Å². The van der Waals surface area contributed by atoms with E-state index < -0.39 is 0 Å². The molecule has 1 aromatic rings. The first kappa shape index (κ1) is 13.3. The van der Waals surface area contributed by atoms with Gasteiger partial charge < -0.3 is 10.2 Å². The highest BCUT2D eigenvalue weighted by molar-refractivity contribution is 7.09. The zero-order chi connectivity index (χ0) is 13.2. The molecule has 0 atom stereocenters. The molecule has 1 aromatic heterocycles. The van der Waals surface area contributed by atoms with Gasteiger partial charge in [-0.15, -0.1) is 11.3 Å². The van der Waals surface area contributed by atoms with Crippen LogP contribution in [0.1, 0.15) is 38.6 Å². The van der Waals surface area contributed by atoms with Crippen molar-refractivity contribution in [2.45, 2.75) is 51.6 Å². The quantitative estimate of drug-likeness (QED) is 0.911. The summed E-state index contributed by atoms with van der Waals surface area (Å²) in [5.41, 5.74) is -0.175. The Morgan fingerprint density at radius 3 is 2.78 bits per heavy atom. The van der Waals surface area contributed by atoms with Crippen molar-refractivity contribution in [1.82, 2.24) is 15.2 Å². The summed E-state index contributed by atoms with van der Waals surface area (Å²) in [7, 11) is 0. The molecule has 4 nitrogen and oxygen atoms in total. The molecule has 0 radical (unpaired) electrons. The molecule has 1 N–H and O–H groups in total. The number of hydrogen-bond donors (Lipinski definition) is 1. The van der Waals surface area contributed by atoms with Gasteiger partial charge in [0.05, 0.1) is 5.01 Å². The highest BCUT2D eigenvalue weighted by Gasteiger charge is 2.33. The number of nitrogens with one attached hydrogen (secondary N) is 1. The van der Waals surface area contributed by atoms with E-state index in [1.54, 1.807) is 11.3 Å². The van der Waals surface area contributed by atoms with E-state index in [0.29, 0.717) is 6.04 Å². The zero-order valence-electron chi connectivity index (χ0n) is 11.3. The summed E-state index contributed by atoms with van der Waals surface area (Å²) < 4.78 is 0. The van der Waals surface area contributed by atoms with Crippen LogP contribution in [0.5, 0.6) is 0 Å². The van der Waals surface area contributed by atoms with E-state index in [0.717, 1.165) is 30.8 Å². The van der Waals surface area contributed by atoms with Crippen molar-refractivity contribution in [3.8, 4) is 0 Å². The van der Waals surface area contributed by atoms with E-state index in [1.165, 1.54) is 0 Å². The normalized spacial score (nSPS) is 15.5. The fraction of sp³-hybridized carbons (Fsp3) is 0.692. The summed E-state index contributed by atoms with van der Waals surface area (Å²) in [6.07, 6.45) is 4.94. The molecule has 1 aliphatic carbocycles. The number of amides is 2. The van der Waals surface area contributed by atoms with Crippen molar-refractivity contribution in [2.75, 3.05) is 6.54 Å². The molecule has 0 saturated heterocycles. The number of nitrogens with zero attached hydrogens (tertiary/aromatic N) is 2. The molecular formula is C13H21N3OS. The molecule has 1 saturated carbocycles. The van der Waals surface area contributed by atoms with Crippen LogP contribution in [0.3, 0.4) is 0 Å². The van der Waals surface area contributed by atoms with Gasteiger partial charge in [0, 0.05) is 36.1 Å². The minimum Gasteiger partial charge on any atom is -0.333 e. The third-order valence-electron chi connectivity index (χ3n) is 2.78. The molecule has 0 bridgehead atoms. The molecule has 1 heterocycles. The first-order valence-electron chi connectivity index (χ1n) is 6.43. The average molecular weight is 267 g/mol. The predicted molar refractivity (Wildman–Crippen MR) is 73.8 cm³/mol. The lowest BCUT2D eigenvalue weighted by Gasteiger charge is -2.28. The highest BCUT2D eigenvalue weighted by Crippen LogP contribution is 2.27. The van der Waals surface area contributed by atoms with E-state index in [2.05, 4.69) is 10.3 Å². The fourth-order valence-corrected chi connectivity index (χ4v) is 2.43. The standard InChI is InChI=1S/C13H21N3OS/c1-13(2,3)15-12(17)16(10-4-5-10)8-6-11-14-7-9-18-11/h7,9-10H,4-6,8H2,1-3H3,(H,15,17). The van der Waals surface area contributed by atoms with Crippen LogP contribution in [-0.4, -0.2) is 34.0 Å². The Morgan fingerprint density at radius 2 is 2.28 bits per heavy atom. The Morgan fingerprint density at radius 1 is 1.56 bits per heavy atom. The fourth-order valence-electron chi connectivity index (χ4n) is 1.82. The van der Waals surface area contributed by atoms with Crippen molar-refractivity contribution >= 4 is 17.4 Å². The van der Waals surface area contributed by atoms with Crippen LogP contribution in [0.25, 0.3) is 0 Å². The van der Waals surface area contributed by atoms with Crippen LogP contribution < -0.4 is 5.32 Å². The predicted octanol–water partition coefficient (Wildman–Crippen LogP) is 2.66. The van der Waals surface area contributed by atoms with Crippen molar-refractivity contribution in [3.05, 3.63) is 16.6 Å². The van der Waals surface area contributed by atoms with E-state index in [9.17, 15) is 4.79 Å². The molecule has 0 aliphatic heterocycles. The number of aromatic nitrogens is 1. The molecule has 0 unspecified atom stereocenters. The van der Waals surface area contributed by atoms with Crippen LogP contribution >= 0.6 is 11.3 Å². The largest absolute Gasteiger partial charge is 0.333 e. The lowest BCUT2D eigenvalue weighted by atomic mass is 10.1. The second-order valence-electron chi connectivity index (χ2n) is 5.78. The van der Waals surface area contributed by atoms with Crippen molar-refractivity contribution in [3.63, 3.8) is 0 Å². The summed E-state index contributed by atoms with van der Waals surface area (Å²) in [4.78, 5) is 18.4. The number of hydrogen-bond acceptors (Lipinski definition) is 3. The molecule has 0 aromatic carbocycles. The van der Waals surface area contributed by atoms with Crippen LogP contribution in [-0.2, 0) is 6.42 Å². The van der Waals surface area contributed by atoms with Crippen molar-refractivity contribution in [2.24, 2.45) is 0 Å². The number of rotatable bonds is 4. The summed E-state index contributed by atoms with van der Waals surface area (Å²) in [5, 5.41) is 6.12. The minimum atomic E-state index is -0.175. The van der Waals surface area contributed by atoms with Gasteiger partial charge in [0.1, 0.15) is 0 Å². The van der Waals surface area contributed by atoms with Crippen LogP contribution in [0.15, 0.2) is 11.6 Å². The number of urea groups is 1. The van der Waals surface area contributed by atoms with Gasteiger partial charge in [0.25, 0.3) is 0 Å². The molecule has 100 valence electrons. The molecular weight excluding hydrogens is 246 g/mol. The molecule has 5 heteroatoms. The summed E-state index contributed by atoms with van der Waals surface area (Å²) in [6.45, 7) is 6.80. The van der Waals surface area contributed by atoms with Gasteiger partial charge in [0.15, 0.2) is 0 Å². The first-order chi connectivity index (χ1) is 8.46. The number of thiazole rings is 1. The molecule has 18 heavy (non-hydrogen) atoms. The number of carbonyl (C=O) groups is 1. The van der Waals surface area contributed by atoms with Gasteiger partial charge in [-0.05, 0) is 33.6 Å². The zero-order valence-corrected chi connectivity index (χ0v) is 12.1. The molecule has 2 amide bonds. The second kappa shape index (κ2) is 5.26. The lowest BCUT2D eigenvalue weighted by Crippen LogP contribution is -2.49. The number of carbonyl (C=O) groups excluding carboxylic acids is 1. The Hall–Kier alpha value is -1.10. The van der Waals surface area contributed by atoms with Gasteiger partial charge >= 0.3 is 6.03 Å². The molecule has 2 rings (SSSR count). The Labute approximate surface area is 112 Å². The average Bonchev–Trinajstić information content (AvgIpc) is 2.92. The van der Waals surface area contributed by atoms with Crippen LogP contribution in [0.2, 0.25) is 0 Å². The van der Waals surface area contributed by atoms with Gasteiger partial charge in [-0.3, -0.25) is 0 Å². The lowest BCUT2D eigenvalue weighted by molar-refractivity contribution is 0.186. The maximum Gasteiger partial charge on any atom is 0.318 e. The van der Waals surface area contributed by atoms with Gasteiger partial charge in [0.2, 0.25) is 0 Å². The second-order valence-corrected chi connectivity index (χ2v) is 6.76. The molecule has 1 aliphatic rings. The highest BCUT2D eigenvalue weighted by atomic mass is 32.1. The Bertz CT molecular complexity index is 393.